The number of nitrogens with one attached hydrogen (secondary N) is 2. The van der Waals surface area contributed by atoms with E-state index in [1.807, 2.05) is 36.4 Å². The lowest BCUT2D eigenvalue weighted by molar-refractivity contribution is 0.108. The summed E-state index contributed by atoms with van der Waals surface area (Å²) in [6, 6.07) is 18.3. The van der Waals surface area contributed by atoms with Gasteiger partial charge in [0.25, 0.3) is 5.12 Å². The first-order chi connectivity index (χ1) is 9.84. The van der Waals surface area contributed by atoms with E-state index in [1.54, 1.807) is 0 Å². The van der Waals surface area contributed by atoms with Crippen LogP contribution in [0.25, 0.3) is 10.9 Å². The molecule has 0 saturated heterocycles. The largest absolute Gasteiger partial charge is 0.351 e. The van der Waals surface area contributed by atoms with Crippen LogP contribution in [0, 0.1) is 0 Å². The van der Waals surface area contributed by atoms with Gasteiger partial charge in [-0.1, -0.05) is 48.5 Å². The van der Waals surface area contributed by atoms with Gasteiger partial charge in [0.1, 0.15) is 5.69 Å². The van der Waals surface area contributed by atoms with Gasteiger partial charge in [-0.25, -0.2) is 4.72 Å². The van der Waals surface area contributed by atoms with Crippen molar-refractivity contribution in [2.45, 2.75) is 6.04 Å². The summed E-state index contributed by atoms with van der Waals surface area (Å²) in [4.78, 5) is 15.4. The number of carbonyl (C=O) groups excluding carboxylic acids is 1. The molecule has 0 radical (unpaired) electrons. The lowest BCUT2D eigenvalue weighted by Crippen LogP contribution is -2.24. The minimum Gasteiger partial charge on any atom is -0.351 e. The first-order valence-electron chi connectivity index (χ1n) is 6.47. The van der Waals surface area contributed by atoms with Crippen LogP contribution >= 0.6 is 11.9 Å². The van der Waals surface area contributed by atoms with Gasteiger partial charge in [-0.05, 0) is 11.6 Å². The molecule has 2 heterocycles. The highest BCUT2D eigenvalue weighted by Gasteiger charge is 2.30. The van der Waals surface area contributed by atoms with E-state index in [1.165, 1.54) is 5.56 Å². The fourth-order valence-corrected chi connectivity index (χ4v) is 3.47. The minimum absolute atomic E-state index is 0.0325. The quantitative estimate of drug-likeness (QED) is 0.669. The topological polar surface area (TPSA) is 44.9 Å². The van der Waals surface area contributed by atoms with Crippen molar-refractivity contribution < 1.29 is 4.79 Å². The fraction of sp³-hybridized carbons (Fsp3) is 0.0625. The molecule has 0 aliphatic carbocycles. The Labute approximate surface area is 120 Å². The number of hydrogen-bond donors (Lipinski definition) is 2. The molecule has 2 N–H and O–H groups in total. The summed E-state index contributed by atoms with van der Waals surface area (Å²) in [5.74, 6) is 0. The standard InChI is InChI=1S/C16H12N2OS/c19-16-15-13(11-8-4-5-9-12(11)17-15)14(18-20-16)10-6-2-1-3-7-10/h1-9,14,17-18H. The van der Waals surface area contributed by atoms with E-state index < -0.39 is 0 Å². The number of benzene rings is 2. The summed E-state index contributed by atoms with van der Waals surface area (Å²) in [5, 5.41) is 1.15. The molecule has 1 unspecified atom stereocenters. The third kappa shape index (κ3) is 1.69. The zero-order chi connectivity index (χ0) is 13.5. The number of rotatable bonds is 1. The van der Waals surface area contributed by atoms with Crippen molar-refractivity contribution in [1.82, 2.24) is 9.71 Å². The Morgan fingerprint density at radius 2 is 1.70 bits per heavy atom. The monoisotopic (exact) mass is 280 g/mol. The Morgan fingerprint density at radius 3 is 2.55 bits per heavy atom. The average Bonchev–Trinajstić information content (AvgIpc) is 2.89. The van der Waals surface area contributed by atoms with Gasteiger partial charge in [0.05, 0.1) is 6.04 Å². The summed E-state index contributed by atoms with van der Waals surface area (Å²) >= 11 is 1.16. The van der Waals surface area contributed by atoms with Crippen molar-refractivity contribution in [3.8, 4) is 0 Å². The number of aromatic nitrogens is 1. The molecule has 1 aromatic heterocycles. The highest BCUT2D eigenvalue weighted by molar-refractivity contribution is 8.12. The predicted molar refractivity (Wildman–Crippen MR) is 81.6 cm³/mol. The highest BCUT2D eigenvalue weighted by atomic mass is 32.2. The SMILES string of the molecule is O=C1SNC(c2ccccc2)c2c1[nH]c1ccccc21. The van der Waals surface area contributed by atoms with Gasteiger partial charge in [-0.3, -0.25) is 4.79 Å². The van der Waals surface area contributed by atoms with Crippen LogP contribution in [0.15, 0.2) is 54.6 Å². The number of hydrogen-bond acceptors (Lipinski definition) is 3. The van der Waals surface area contributed by atoms with Gasteiger partial charge in [0, 0.05) is 28.4 Å². The molecule has 0 spiro atoms. The van der Waals surface area contributed by atoms with Crippen molar-refractivity contribution in [2.75, 3.05) is 0 Å². The van der Waals surface area contributed by atoms with Crippen LogP contribution in [0.1, 0.15) is 27.7 Å². The zero-order valence-corrected chi connectivity index (χ0v) is 11.4. The molecule has 1 atom stereocenters. The van der Waals surface area contributed by atoms with Gasteiger partial charge in [-0.2, -0.15) is 0 Å². The Bertz CT molecular complexity index is 795. The average molecular weight is 280 g/mol. The molecule has 0 amide bonds. The Hall–Kier alpha value is -2.04. The summed E-state index contributed by atoms with van der Waals surface area (Å²) in [6.45, 7) is 0. The predicted octanol–water partition coefficient (Wildman–Crippen LogP) is 3.65. The van der Waals surface area contributed by atoms with Gasteiger partial charge >= 0.3 is 0 Å². The number of carbonyl (C=O) groups is 1. The van der Waals surface area contributed by atoms with Crippen molar-refractivity contribution in [3.05, 3.63) is 71.4 Å². The van der Waals surface area contributed by atoms with Crippen LogP contribution < -0.4 is 4.72 Å². The Kier molecular flexibility index (Phi) is 2.65. The number of para-hydroxylation sites is 1. The maximum absolute atomic E-state index is 12.1. The Morgan fingerprint density at radius 1 is 0.950 bits per heavy atom. The van der Waals surface area contributed by atoms with E-state index in [9.17, 15) is 4.79 Å². The van der Waals surface area contributed by atoms with Crippen molar-refractivity contribution in [1.29, 1.82) is 0 Å². The van der Waals surface area contributed by atoms with Gasteiger partial charge in [-0.15, -0.1) is 0 Å². The van der Waals surface area contributed by atoms with E-state index >= 15 is 0 Å². The fourth-order valence-electron chi connectivity index (χ4n) is 2.73. The molecule has 3 nitrogen and oxygen atoms in total. The molecule has 2 aromatic carbocycles. The molecule has 4 rings (SSSR count). The minimum atomic E-state index is 0.0325. The van der Waals surface area contributed by atoms with Crippen LogP contribution in [0.2, 0.25) is 0 Å². The van der Waals surface area contributed by atoms with Crippen molar-refractivity contribution in [2.24, 2.45) is 0 Å². The second kappa shape index (κ2) is 4.51. The molecule has 1 aliphatic rings. The lowest BCUT2D eigenvalue weighted by atomic mass is 9.97. The summed E-state index contributed by atoms with van der Waals surface area (Å²) in [5.41, 5.74) is 3.94. The second-order valence-electron chi connectivity index (χ2n) is 4.81. The molecular formula is C16H12N2OS. The Balaban J connectivity index is 1.99. The van der Waals surface area contributed by atoms with Crippen molar-refractivity contribution in [3.63, 3.8) is 0 Å². The molecule has 20 heavy (non-hydrogen) atoms. The zero-order valence-electron chi connectivity index (χ0n) is 10.6. The summed E-state index contributed by atoms with van der Waals surface area (Å²) in [7, 11) is 0. The van der Waals surface area contributed by atoms with Gasteiger partial charge in [0.2, 0.25) is 0 Å². The molecular weight excluding hydrogens is 268 g/mol. The smallest absolute Gasteiger partial charge is 0.250 e. The number of aromatic amines is 1. The maximum atomic E-state index is 12.1. The van der Waals surface area contributed by atoms with Crippen LogP contribution in [0.3, 0.4) is 0 Å². The number of H-pyrrole nitrogens is 1. The van der Waals surface area contributed by atoms with Crippen LogP contribution in [-0.2, 0) is 0 Å². The lowest BCUT2D eigenvalue weighted by Gasteiger charge is -2.23. The summed E-state index contributed by atoms with van der Waals surface area (Å²) in [6.07, 6.45) is 0. The first-order valence-corrected chi connectivity index (χ1v) is 7.28. The van der Waals surface area contributed by atoms with Crippen LogP contribution in [0.4, 0.5) is 0 Å². The van der Waals surface area contributed by atoms with Crippen molar-refractivity contribution >= 4 is 28.0 Å². The number of fused-ring (bicyclic) bond motifs is 3. The van der Waals surface area contributed by atoms with Crippen LogP contribution in [0.5, 0.6) is 0 Å². The molecule has 3 aromatic rings. The molecule has 98 valence electrons. The molecule has 0 bridgehead atoms. The van der Waals surface area contributed by atoms with E-state index in [-0.39, 0.29) is 11.2 Å². The van der Waals surface area contributed by atoms with E-state index in [2.05, 4.69) is 27.9 Å². The third-order valence-electron chi connectivity index (χ3n) is 3.64. The highest BCUT2D eigenvalue weighted by Crippen LogP contribution is 2.38. The second-order valence-corrected chi connectivity index (χ2v) is 5.62. The molecule has 0 saturated carbocycles. The van der Waals surface area contributed by atoms with Gasteiger partial charge in [0.15, 0.2) is 0 Å². The van der Waals surface area contributed by atoms with E-state index in [0.29, 0.717) is 5.69 Å². The first kappa shape index (κ1) is 11.8. The normalized spacial score (nSPS) is 18.2. The molecule has 1 aliphatic heterocycles. The molecule has 0 fully saturated rings. The van der Waals surface area contributed by atoms with Crippen LogP contribution in [-0.4, -0.2) is 10.1 Å². The molecule has 4 heteroatoms. The third-order valence-corrected chi connectivity index (χ3v) is 4.38. The van der Waals surface area contributed by atoms with E-state index in [4.69, 9.17) is 0 Å². The van der Waals surface area contributed by atoms with Gasteiger partial charge < -0.3 is 4.98 Å². The van der Waals surface area contributed by atoms with E-state index in [0.717, 1.165) is 28.4 Å². The summed E-state index contributed by atoms with van der Waals surface area (Å²) < 4.78 is 3.27. The maximum Gasteiger partial charge on any atom is 0.250 e.